The quantitative estimate of drug-likeness (QED) is 0.263. The first-order chi connectivity index (χ1) is 19.2. The van der Waals surface area contributed by atoms with Gasteiger partial charge in [-0.05, 0) is 56.9 Å². The molecule has 0 bridgehead atoms. The number of para-hydroxylation sites is 2. The molecule has 1 saturated heterocycles. The zero-order valence-corrected chi connectivity index (χ0v) is 23.3. The molecule has 0 aliphatic carbocycles. The second kappa shape index (κ2) is 13.0. The Balaban J connectivity index is 0.000000236. The van der Waals surface area contributed by atoms with Gasteiger partial charge in [-0.3, -0.25) is 9.69 Å². The summed E-state index contributed by atoms with van der Waals surface area (Å²) < 4.78 is 5.45. The SMILES string of the molecule is CC(C)(C)OC(=O)N1CCC[C@H]1C(=O)Nc1ccccc1-c1ccccc1.Nc1ccccc1-c1ccccc1. The number of rotatable bonds is 4. The molecule has 0 aromatic heterocycles. The van der Waals surface area contributed by atoms with Crippen molar-refractivity contribution in [3.8, 4) is 22.3 Å². The summed E-state index contributed by atoms with van der Waals surface area (Å²) in [4.78, 5) is 26.9. The topological polar surface area (TPSA) is 84.7 Å². The van der Waals surface area contributed by atoms with Crippen molar-refractivity contribution in [2.75, 3.05) is 17.6 Å². The van der Waals surface area contributed by atoms with Gasteiger partial charge in [0, 0.05) is 29.0 Å². The zero-order chi connectivity index (χ0) is 28.5. The highest BCUT2D eigenvalue weighted by atomic mass is 16.6. The Hall–Kier alpha value is -4.58. The van der Waals surface area contributed by atoms with Crippen LogP contribution in [0.2, 0.25) is 0 Å². The molecular weight excluding hydrogens is 498 g/mol. The monoisotopic (exact) mass is 535 g/mol. The number of amides is 2. The molecule has 1 heterocycles. The number of nitrogens with zero attached hydrogens (tertiary/aromatic N) is 1. The molecule has 2 amide bonds. The fourth-order valence-electron chi connectivity index (χ4n) is 4.63. The van der Waals surface area contributed by atoms with Crippen molar-refractivity contribution >= 4 is 23.4 Å². The third-order valence-corrected chi connectivity index (χ3v) is 6.50. The van der Waals surface area contributed by atoms with E-state index >= 15 is 0 Å². The molecule has 4 aromatic carbocycles. The average molecular weight is 536 g/mol. The number of carbonyl (C=O) groups is 2. The summed E-state index contributed by atoms with van der Waals surface area (Å²) in [5.41, 5.74) is 11.1. The van der Waals surface area contributed by atoms with Crippen molar-refractivity contribution in [3.63, 3.8) is 0 Å². The van der Waals surface area contributed by atoms with Gasteiger partial charge in [0.1, 0.15) is 11.6 Å². The largest absolute Gasteiger partial charge is 0.444 e. The van der Waals surface area contributed by atoms with E-state index in [2.05, 4.69) is 17.4 Å². The van der Waals surface area contributed by atoms with Crippen molar-refractivity contribution < 1.29 is 14.3 Å². The molecule has 1 fully saturated rings. The third-order valence-electron chi connectivity index (χ3n) is 6.50. The van der Waals surface area contributed by atoms with Gasteiger partial charge < -0.3 is 15.8 Å². The van der Waals surface area contributed by atoms with E-state index in [4.69, 9.17) is 10.5 Å². The Morgan fingerprint density at radius 2 is 1.30 bits per heavy atom. The van der Waals surface area contributed by atoms with Crippen LogP contribution in [-0.2, 0) is 9.53 Å². The van der Waals surface area contributed by atoms with Gasteiger partial charge in [0.05, 0.1) is 0 Å². The van der Waals surface area contributed by atoms with Crippen LogP contribution in [0.4, 0.5) is 16.2 Å². The lowest BCUT2D eigenvalue weighted by Crippen LogP contribution is -2.45. The normalized spacial score (nSPS) is 14.6. The van der Waals surface area contributed by atoms with Crippen molar-refractivity contribution in [1.82, 2.24) is 4.90 Å². The Bertz CT molecular complexity index is 1420. The first-order valence-electron chi connectivity index (χ1n) is 13.6. The number of nitrogen functional groups attached to an aromatic ring is 1. The van der Waals surface area contributed by atoms with E-state index in [1.807, 2.05) is 118 Å². The zero-order valence-electron chi connectivity index (χ0n) is 23.3. The van der Waals surface area contributed by atoms with Gasteiger partial charge in [-0.25, -0.2) is 4.79 Å². The summed E-state index contributed by atoms with van der Waals surface area (Å²) in [5.74, 6) is -0.179. The van der Waals surface area contributed by atoms with Crippen LogP contribution in [0.15, 0.2) is 109 Å². The van der Waals surface area contributed by atoms with E-state index in [-0.39, 0.29) is 5.91 Å². The van der Waals surface area contributed by atoms with Crippen LogP contribution >= 0.6 is 0 Å². The number of carbonyl (C=O) groups excluding carboxylic acids is 2. The predicted molar refractivity (Wildman–Crippen MR) is 163 cm³/mol. The van der Waals surface area contributed by atoms with Gasteiger partial charge in [-0.1, -0.05) is 97.1 Å². The second-order valence-corrected chi connectivity index (χ2v) is 10.7. The molecule has 206 valence electrons. The summed E-state index contributed by atoms with van der Waals surface area (Å²) in [6.07, 6.45) is 0.993. The molecule has 4 aromatic rings. The maximum Gasteiger partial charge on any atom is 0.410 e. The molecule has 6 nitrogen and oxygen atoms in total. The van der Waals surface area contributed by atoms with E-state index in [0.29, 0.717) is 13.0 Å². The molecule has 1 aliphatic heterocycles. The molecule has 1 aliphatic rings. The van der Waals surface area contributed by atoms with Crippen LogP contribution in [0, 0.1) is 0 Å². The number of ether oxygens (including phenoxy) is 1. The predicted octanol–water partition coefficient (Wildman–Crippen LogP) is 7.63. The maximum absolute atomic E-state index is 12.9. The number of likely N-dealkylation sites (tertiary alicyclic amines) is 1. The summed E-state index contributed by atoms with van der Waals surface area (Å²) in [5, 5.41) is 3.01. The number of nitrogens with one attached hydrogen (secondary N) is 1. The van der Waals surface area contributed by atoms with Crippen molar-refractivity contribution in [2.24, 2.45) is 0 Å². The van der Waals surface area contributed by atoms with Gasteiger partial charge in [-0.15, -0.1) is 0 Å². The first-order valence-corrected chi connectivity index (χ1v) is 13.6. The van der Waals surface area contributed by atoms with Crippen LogP contribution in [0.5, 0.6) is 0 Å². The smallest absolute Gasteiger partial charge is 0.410 e. The average Bonchev–Trinajstić information content (AvgIpc) is 3.45. The lowest BCUT2D eigenvalue weighted by Gasteiger charge is -2.28. The van der Waals surface area contributed by atoms with Gasteiger partial charge >= 0.3 is 6.09 Å². The van der Waals surface area contributed by atoms with Gasteiger partial charge in [-0.2, -0.15) is 0 Å². The molecule has 5 rings (SSSR count). The van der Waals surface area contributed by atoms with Crippen LogP contribution in [0.3, 0.4) is 0 Å². The van der Waals surface area contributed by atoms with Crippen molar-refractivity contribution in [1.29, 1.82) is 0 Å². The van der Waals surface area contributed by atoms with Gasteiger partial charge in [0.2, 0.25) is 5.91 Å². The van der Waals surface area contributed by atoms with Crippen LogP contribution < -0.4 is 11.1 Å². The second-order valence-electron chi connectivity index (χ2n) is 10.7. The summed E-state index contributed by atoms with van der Waals surface area (Å²) in [6.45, 7) is 6.01. The Morgan fingerprint density at radius 1 is 0.775 bits per heavy atom. The molecule has 1 atom stereocenters. The van der Waals surface area contributed by atoms with Crippen LogP contribution in [0.1, 0.15) is 33.6 Å². The minimum absolute atomic E-state index is 0.179. The van der Waals surface area contributed by atoms with Crippen LogP contribution in [0.25, 0.3) is 22.3 Å². The Kier molecular flexibility index (Phi) is 9.23. The fraction of sp³-hybridized carbons (Fsp3) is 0.235. The molecule has 0 radical (unpaired) electrons. The minimum atomic E-state index is -0.583. The highest BCUT2D eigenvalue weighted by Gasteiger charge is 2.36. The van der Waals surface area contributed by atoms with E-state index in [1.54, 1.807) is 0 Å². The lowest BCUT2D eigenvalue weighted by atomic mass is 10.0. The van der Waals surface area contributed by atoms with E-state index in [1.165, 1.54) is 10.5 Å². The van der Waals surface area contributed by atoms with Crippen molar-refractivity contribution in [3.05, 3.63) is 109 Å². The molecule has 6 heteroatoms. The Labute approximate surface area is 236 Å². The molecule has 3 N–H and O–H groups in total. The standard InChI is InChI=1S/C22H26N2O3.C12H11N/c1-22(2,3)27-21(26)24-15-9-14-19(24)20(25)23-18-13-8-7-12-17(18)16-10-5-4-6-11-16;13-12-9-5-4-8-11(12)10-6-2-1-3-7-10/h4-8,10-13,19H,9,14-15H2,1-3H3,(H,23,25);1-9H,13H2/t19-;/m0./s1. The molecule has 0 saturated carbocycles. The number of hydrogen-bond acceptors (Lipinski definition) is 4. The summed E-state index contributed by atoms with van der Waals surface area (Å²) in [6, 6.07) is 35.1. The van der Waals surface area contributed by atoms with E-state index in [9.17, 15) is 9.59 Å². The van der Waals surface area contributed by atoms with Gasteiger partial charge in [0.15, 0.2) is 0 Å². The van der Waals surface area contributed by atoms with Crippen LogP contribution in [-0.4, -0.2) is 35.1 Å². The number of nitrogens with two attached hydrogens (primary N) is 1. The number of benzene rings is 4. The number of hydrogen-bond donors (Lipinski definition) is 2. The minimum Gasteiger partial charge on any atom is -0.444 e. The summed E-state index contributed by atoms with van der Waals surface area (Å²) >= 11 is 0. The van der Waals surface area contributed by atoms with E-state index < -0.39 is 17.7 Å². The first kappa shape index (κ1) is 28.4. The van der Waals surface area contributed by atoms with Gasteiger partial charge in [0.25, 0.3) is 0 Å². The van der Waals surface area contributed by atoms with Crippen molar-refractivity contribution in [2.45, 2.75) is 45.3 Å². The molecule has 0 spiro atoms. The molecule has 40 heavy (non-hydrogen) atoms. The maximum atomic E-state index is 12.9. The fourth-order valence-corrected chi connectivity index (χ4v) is 4.63. The highest BCUT2D eigenvalue weighted by Crippen LogP contribution is 2.29. The number of anilines is 2. The lowest BCUT2D eigenvalue weighted by molar-refractivity contribution is -0.120. The highest BCUT2D eigenvalue weighted by molar-refractivity contribution is 6.00. The molecular formula is C34H37N3O3. The summed E-state index contributed by atoms with van der Waals surface area (Å²) in [7, 11) is 0. The molecule has 0 unspecified atom stereocenters. The third kappa shape index (κ3) is 7.50. The Morgan fingerprint density at radius 3 is 1.90 bits per heavy atom. The van der Waals surface area contributed by atoms with E-state index in [0.717, 1.165) is 34.5 Å².